The first-order chi connectivity index (χ1) is 9.33. The van der Waals surface area contributed by atoms with E-state index in [0.717, 1.165) is 22.9 Å². The Hall–Kier alpha value is -2.86. The van der Waals surface area contributed by atoms with Crippen molar-refractivity contribution in [1.29, 1.82) is 5.26 Å². The van der Waals surface area contributed by atoms with Crippen LogP contribution in [-0.4, -0.2) is 10.9 Å². The van der Waals surface area contributed by atoms with Gasteiger partial charge in [0.2, 0.25) is 0 Å². The van der Waals surface area contributed by atoms with Crippen LogP contribution in [0.5, 0.6) is 0 Å². The van der Waals surface area contributed by atoms with E-state index in [2.05, 4.69) is 6.07 Å². The van der Waals surface area contributed by atoms with Crippen molar-refractivity contribution in [3.63, 3.8) is 0 Å². The highest BCUT2D eigenvalue weighted by atomic mass is 16.1. The van der Waals surface area contributed by atoms with Crippen LogP contribution >= 0.6 is 0 Å². The molecule has 3 nitrogen and oxygen atoms in total. The number of hydrogen-bond acceptors (Lipinski definition) is 2. The second-order valence-corrected chi connectivity index (χ2v) is 4.24. The van der Waals surface area contributed by atoms with Crippen LogP contribution in [0, 0.1) is 11.3 Å². The van der Waals surface area contributed by atoms with Gasteiger partial charge in [0.15, 0.2) is 0 Å². The highest BCUT2D eigenvalue weighted by Gasteiger charge is 2.09. The van der Waals surface area contributed by atoms with Crippen LogP contribution in [0.4, 0.5) is 0 Å². The van der Waals surface area contributed by atoms with E-state index in [0.29, 0.717) is 11.3 Å². The van der Waals surface area contributed by atoms with Crippen LogP contribution < -0.4 is 0 Å². The SMILES string of the molecule is N#Cc1cc2ccccc2n1-c1ccc(C=O)cc1. The Kier molecular flexibility index (Phi) is 2.62. The van der Waals surface area contributed by atoms with Gasteiger partial charge < -0.3 is 4.57 Å². The fraction of sp³-hybridized carbons (Fsp3) is 0. The molecule has 3 heteroatoms. The van der Waals surface area contributed by atoms with Gasteiger partial charge in [0.25, 0.3) is 0 Å². The van der Waals surface area contributed by atoms with Crippen molar-refractivity contribution in [2.24, 2.45) is 0 Å². The number of carbonyl (C=O) groups excluding carboxylic acids is 1. The van der Waals surface area contributed by atoms with Crippen LogP contribution in [0.2, 0.25) is 0 Å². The summed E-state index contributed by atoms with van der Waals surface area (Å²) >= 11 is 0. The molecule has 0 amide bonds. The second-order valence-electron chi connectivity index (χ2n) is 4.24. The van der Waals surface area contributed by atoms with E-state index in [4.69, 9.17) is 0 Å². The Labute approximate surface area is 110 Å². The number of benzene rings is 2. The number of nitrogens with zero attached hydrogens (tertiary/aromatic N) is 2. The van der Waals surface area contributed by atoms with Crippen LogP contribution in [0.1, 0.15) is 16.1 Å². The van der Waals surface area contributed by atoms with E-state index in [9.17, 15) is 10.1 Å². The minimum absolute atomic E-state index is 0.583. The van der Waals surface area contributed by atoms with Gasteiger partial charge in [0, 0.05) is 16.6 Å². The molecule has 19 heavy (non-hydrogen) atoms. The molecule has 1 heterocycles. The first kappa shape index (κ1) is 11.2. The maximum Gasteiger partial charge on any atom is 0.150 e. The molecular formula is C16H10N2O. The van der Waals surface area contributed by atoms with E-state index in [1.165, 1.54) is 0 Å². The van der Waals surface area contributed by atoms with E-state index >= 15 is 0 Å². The molecule has 0 aliphatic heterocycles. The number of fused-ring (bicyclic) bond motifs is 1. The molecule has 0 bridgehead atoms. The van der Waals surface area contributed by atoms with Crippen molar-refractivity contribution >= 4 is 17.2 Å². The third-order valence-corrected chi connectivity index (χ3v) is 3.11. The topological polar surface area (TPSA) is 45.8 Å². The molecule has 0 saturated heterocycles. The summed E-state index contributed by atoms with van der Waals surface area (Å²) in [5.74, 6) is 0. The zero-order chi connectivity index (χ0) is 13.2. The minimum atomic E-state index is 0.583. The smallest absolute Gasteiger partial charge is 0.150 e. The molecule has 0 aliphatic carbocycles. The van der Waals surface area contributed by atoms with Crippen molar-refractivity contribution < 1.29 is 4.79 Å². The van der Waals surface area contributed by atoms with Crippen molar-refractivity contribution in [2.45, 2.75) is 0 Å². The molecule has 0 fully saturated rings. The molecule has 0 atom stereocenters. The Morgan fingerprint density at radius 1 is 1.05 bits per heavy atom. The van der Waals surface area contributed by atoms with E-state index in [1.807, 2.05) is 47.0 Å². The van der Waals surface area contributed by atoms with Gasteiger partial charge >= 0.3 is 0 Å². The molecule has 90 valence electrons. The number of nitriles is 1. The monoisotopic (exact) mass is 246 g/mol. The van der Waals surface area contributed by atoms with Gasteiger partial charge in [-0.1, -0.05) is 18.2 Å². The molecule has 0 aliphatic rings. The summed E-state index contributed by atoms with van der Waals surface area (Å²) in [5.41, 5.74) is 3.07. The van der Waals surface area contributed by atoms with E-state index in [-0.39, 0.29) is 0 Å². The Balaban J connectivity index is 2.28. The van der Waals surface area contributed by atoms with Gasteiger partial charge in [0.05, 0.1) is 5.52 Å². The fourth-order valence-corrected chi connectivity index (χ4v) is 2.22. The molecule has 0 saturated carbocycles. The number of para-hydroxylation sites is 1. The number of aldehydes is 1. The number of aromatic nitrogens is 1. The van der Waals surface area contributed by atoms with Gasteiger partial charge in [-0.15, -0.1) is 0 Å². The average Bonchev–Trinajstić information content (AvgIpc) is 2.86. The standard InChI is InChI=1S/C16H10N2O/c17-10-15-9-13-3-1-2-4-16(13)18(15)14-7-5-12(11-19)6-8-14/h1-9,11H. The molecule has 0 spiro atoms. The first-order valence-corrected chi connectivity index (χ1v) is 5.89. The lowest BCUT2D eigenvalue weighted by Gasteiger charge is -2.07. The van der Waals surface area contributed by atoms with Crippen molar-refractivity contribution in [2.75, 3.05) is 0 Å². The lowest BCUT2D eigenvalue weighted by molar-refractivity contribution is 0.112. The third-order valence-electron chi connectivity index (χ3n) is 3.11. The van der Waals surface area contributed by atoms with E-state index in [1.54, 1.807) is 12.1 Å². The van der Waals surface area contributed by atoms with Gasteiger partial charge in [0.1, 0.15) is 18.0 Å². The summed E-state index contributed by atoms with van der Waals surface area (Å²) in [7, 11) is 0. The summed E-state index contributed by atoms with van der Waals surface area (Å²) in [4.78, 5) is 10.7. The first-order valence-electron chi connectivity index (χ1n) is 5.89. The quantitative estimate of drug-likeness (QED) is 0.651. The van der Waals surface area contributed by atoms with Crippen LogP contribution in [0.25, 0.3) is 16.6 Å². The van der Waals surface area contributed by atoms with Crippen molar-refractivity contribution in [3.8, 4) is 11.8 Å². The van der Waals surface area contributed by atoms with Gasteiger partial charge in [-0.3, -0.25) is 4.79 Å². The summed E-state index contributed by atoms with van der Waals surface area (Å²) in [6.07, 6.45) is 0.808. The number of rotatable bonds is 2. The Bertz CT molecular complexity index is 792. The molecule has 0 N–H and O–H groups in total. The molecule has 3 aromatic rings. The highest BCUT2D eigenvalue weighted by molar-refractivity contribution is 5.84. The van der Waals surface area contributed by atoms with Gasteiger partial charge in [-0.25, -0.2) is 0 Å². The highest BCUT2D eigenvalue weighted by Crippen LogP contribution is 2.23. The maximum atomic E-state index is 10.7. The minimum Gasteiger partial charge on any atom is -0.301 e. The van der Waals surface area contributed by atoms with Gasteiger partial charge in [-0.2, -0.15) is 5.26 Å². The third kappa shape index (κ3) is 1.80. The number of hydrogen-bond donors (Lipinski definition) is 0. The molecule has 0 radical (unpaired) electrons. The second kappa shape index (κ2) is 4.43. The summed E-state index contributed by atoms with van der Waals surface area (Å²) in [6.45, 7) is 0. The fourth-order valence-electron chi connectivity index (χ4n) is 2.22. The molecule has 2 aromatic carbocycles. The predicted octanol–water partition coefficient (Wildman–Crippen LogP) is 3.31. The maximum absolute atomic E-state index is 10.7. The lowest BCUT2D eigenvalue weighted by atomic mass is 10.2. The van der Waals surface area contributed by atoms with Crippen LogP contribution in [-0.2, 0) is 0 Å². The molecule has 3 rings (SSSR count). The van der Waals surface area contributed by atoms with Crippen LogP contribution in [0.15, 0.2) is 54.6 Å². The summed E-state index contributed by atoms with van der Waals surface area (Å²) < 4.78 is 1.89. The normalized spacial score (nSPS) is 10.3. The largest absolute Gasteiger partial charge is 0.301 e. The number of carbonyl (C=O) groups is 1. The molecule has 0 unspecified atom stereocenters. The predicted molar refractivity (Wildman–Crippen MR) is 73.4 cm³/mol. The summed E-state index contributed by atoms with van der Waals surface area (Å²) in [5, 5.41) is 10.3. The lowest BCUT2D eigenvalue weighted by Crippen LogP contribution is -1.96. The Morgan fingerprint density at radius 2 is 1.79 bits per heavy atom. The molecule has 1 aromatic heterocycles. The van der Waals surface area contributed by atoms with Gasteiger partial charge in [-0.05, 0) is 36.4 Å². The zero-order valence-electron chi connectivity index (χ0n) is 10.1. The van der Waals surface area contributed by atoms with E-state index < -0.39 is 0 Å². The van der Waals surface area contributed by atoms with Crippen molar-refractivity contribution in [1.82, 2.24) is 4.57 Å². The Morgan fingerprint density at radius 3 is 2.47 bits per heavy atom. The molecular weight excluding hydrogens is 236 g/mol. The zero-order valence-corrected chi connectivity index (χ0v) is 10.1. The average molecular weight is 246 g/mol. The van der Waals surface area contributed by atoms with Crippen molar-refractivity contribution in [3.05, 3.63) is 65.9 Å². The van der Waals surface area contributed by atoms with Crippen LogP contribution in [0.3, 0.4) is 0 Å². The summed E-state index contributed by atoms with van der Waals surface area (Å²) in [6, 6.07) is 19.1.